The molecule has 0 aliphatic carbocycles. The van der Waals surface area contributed by atoms with Crippen LogP contribution in [-0.4, -0.2) is 64.5 Å². The average Bonchev–Trinajstić information content (AvgIpc) is 2.68. The molecular formula is C19H22ClN3O4S. The van der Waals surface area contributed by atoms with Gasteiger partial charge in [0.15, 0.2) is 0 Å². The van der Waals surface area contributed by atoms with Crippen molar-refractivity contribution in [3.05, 3.63) is 53.1 Å². The summed E-state index contributed by atoms with van der Waals surface area (Å²) in [4.78, 5) is 16.6. The molecule has 0 unspecified atom stereocenters. The van der Waals surface area contributed by atoms with Gasteiger partial charge in [0.2, 0.25) is 0 Å². The van der Waals surface area contributed by atoms with Gasteiger partial charge < -0.3 is 14.5 Å². The maximum absolute atomic E-state index is 12.8. The van der Waals surface area contributed by atoms with E-state index in [2.05, 4.69) is 9.62 Å². The lowest BCUT2D eigenvalue weighted by molar-refractivity contribution is 0.0664. The van der Waals surface area contributed by atoms with Crippen LogP contribution < -0.4 is 9.46 Å². The van der Waals surface area contributed by atoms with Gasteiger partial charge in [-0.05, 0) is 43.4 Å². The highest BCUT2D eigenvalue weighted by Gasteiger charge is 2.23. The quantitative estimate of drug-likeness (QED) is 0.799. The van der Waals surface area contributed by atoms with Crippen LogP contribution in [0.25, 0.3) is 0 Å². The van der Waals surface area contributed by atoms with Crippen LogP contribution in [0, 0.1) is 0 Å². The zero-order valence-corrected chi connectivity index (χ0v) is 17.3. The number of hydrogen-bond acceptors (Lipinski definition) is 5. The Morgan fingerprint density at radius 3 is 2.50 bits per heavy atom. The van der Waals surface area contributed by atoms with E-state index in [1.165, 1.54) is 25.3 Å². The number of nitrogens with zero attached hydrogens (tertiary/aromatic N) is 2. The van der Waals surface area contributed by atoms with Crippen molar-refractivity contribution < 1.29 is 17.9 Å². The van der Waals surface area contributed by atoms with Crippen molar-refractivity contribution >= 4 is 33.2 Å². The fraction of sp³-hybridized carbons (Fsp3) is 0.316. The maximum atomic E-state index is 12.8. The minimum absolute atomic E-state index is 0.00509. The number of hydrogen-bond donors (Lipinski definition) is 1. The molecule has 0 spiro atoms. The van der Waals surface area contributed by atoms with Crippen LogP contribution in [0.2, 0.25) is 5.02 Å². The Bertz CT molecular complexity index is 973. The molecule has 1 fully saturated rings. The van der Waals surface area contributed by atoms with Gasteiger partial charge in [0, 0.05) is 36.8 Å². The lowest BCUT2D eigenvalue weighted by atomic mass is 10.2. The first kappa shape index (κ1) is 20.4. The SMILES string of the molecule is COc1ccc(Cl)cc1NS(=O)(=O)c1cccc(C(=O)N2CCN(C)CC2)c1. The monoisotopic (exact) mass is 423 g/mol. The van der Waals surface area contributed by atoms with E-state index >= 15 is 0 Å². The molecule has 2 aromatic carbocycles. The molecule has 9 heteroatoms. The van der Waals surface area contributed by atoms with E-state index in [9.17, 15) is 13.2 Å². The van der Waals surface area contributed by atoms with Gasteiger partial charge in [-0.3, -0.25) is 9.52 Å². The molecule has 2 aromatic rings. The highest BCUT2D eigenvalue weighted by atomic mass is 35.5. The Hall–Kier alpha value is -2.29. The summed E-state index contributed by atoms with van der Waals surface area (Å²) in [6.07, 6.45) is 0. The van der Waals surface area contributed by atoms with Crippen molar-refractivity contribution in [1.82, 2.24) is 9.80 Å². The number of ether oxygens (including phenoxy) is 1. The van der Waals surface area contributed by atoms with Gasteiger partial charge in [0.05, 0.1) is 17.7 Å². The first-order valence-corrected chi connectivity index (χ1v) is 10.6. The minimum atomic E-state index is -3.93. The molecule has 0 aromatic heterocycles. The van der Waals surface area contributed by atoms with E-state index in [-0.39, 0.29) is 16.5 Å². The number of rotatable bonds is 5. The van der Waals surface area contributed by atoms with Gasteiger partial charge in [-0.1, -0.05) is 17.7 Å². The number of likely N-dealkylation sites (N-methyl/N-ethyl adjacent to an activating group) is 1. The zero-order valence-electron chi connectivity index (χ0n) is 15.7. The van der Waals surface area contributed by atoms with Gasteiger partial charge in [-0.15, -0.1) is 0 Å². The fourth-order valence-electron chi connectivity index (χ4n) is 2.95. The average molecular weight is 424 g/mol. The van der Waals surface area contributed by atoms with Gasteiger partial charge >= 0.3 is 0 Å². The summed E-state index contributed by atoms with van der Waals surface area (Å²) >= 11 is 5.97. The molecule has 1 amide bonds. The van der Waals surface area contributed by atoms with E-state index in [0.29, 0.717) is 29.4 Å². The topological polar surface area (TPSA) is 78.9 Å². The summed E-state index contributed by atoms with van der Waals surface area (Å²) < 4.78 is 33.3. The predicted octanol–water partition coefficient (Wildman–Crippen LogP) is 2.54. The van der Waals surface area contributed by atoms with E-state index in [1.54, 1.807) is 29.2 Å². The Kier molecular flexibility index (Phi) is 6.12. The lowest BCUT2D eigenvalue weighted by Gasteiger charge is -2.32. The molecule has 0 saturated carbocycles. The molecule has 1 N–H and O–H groups in total. The minimum Gasteiger partial charge on any atom is -0.495 e. The third kappa shape index (κ3) is 4.57. The highest BCUT2D eigenvalue weighted by molar-refractivity contribution is 7.92. The number of sulfonamides is 1. The van der Waals surface area contributed by atoms with Crippen molar-refractivity contribution in [2.24, 2.45) is 0 Å². The number of anilines is 1. The Balaban J connectivity index is 1.84. The summed E-state index contributed by atoms with van der Waals surface area (Å²) in [5.41, 5.74) is 0.566. The largest absolute Gasteiger partial charge is 0.495 e. The molecule has 1 aliphatic heterocycles. The van der Waals surface area contributed by atoms with E-state index in [0.717, 1.165) is 13.1 Å². The molecule has 0 radical (unpaired) electrons. The van der Waals surface area contributed by atoms with Gasteiger partial charge in [0.25, 0.3) is 15.9 Å². The fourth-order valence-corrected chi connectivity index (χ4v) is 4.23. The van der Waals surface area contributed by atoms with Gasteiger partial charge in [-0.2, -0.15) is 0 Å². The molecule has 1 heterocycles. The van der Waals surface area contributed by atoms with Crippen molar-refractivity contribution in [3.8, 4) is 5.75 Å². The summed E-state index contributed by atoms with van der Waals surface area (Å²) in [5.74, 6) is 0.170. The summed E-state index contributed by atoms with van der Waals surface area (Å²) in [6, 6.07) is 10.7. The molecule has 0 atom stereocenters. The molecule has 1 saturated heterocycles. The van der Waals surface area contributed by atoms with Crippen molar-refractivity contribution in [2.45, 2.75) is 4.90 Å². The van der Waals surface area contributed by atoms with Crippen LogP contribution in [0.4, 0.5) is 5.69 Å². The lowest BCUT2D eigenvalue weighted by Crippen LogP contribution is -2.47. The molecule has 3 rings (SSSR count). The summed E-state index contributed by atoms with van der Waals surface area (Å²) in [7, 11) is -0.480. The van der Waals surface area contributed by atoms with Crippen LogP contribution in [0.1, 0.15) is 10.4 Å². The normalized spacial score (nSPS) is 15.3. The zero-order chi connectivity index (χ0) is 20.3. The highest BCUT2D eigenvalue weighted by Crippen LogP contribution is 2.30. The Morgan fingerprint density at radius 2 is 1.82 bits per heavy atom. The van der Waals surface area contributed by atoms with E-state index in [4.69, 9.17) is 16.3 Å². The van der Waals surface area contributed by atoms with Crippen LogP contribution in [-0.2, 0) is 10.0 Å². The number of amides is 1. The molecule has 7 nitrogen and oxygen atoms in total. The first-order chi connectivity index (χ1) is 13.3. The van der Waals surface area contributed by atoms with Crippen LogP contribution >= 0.6 is 11.6 Å². The number of carbonyl (C=O) groups excluding carboxylic acids is 1. The molecule has 0 bridgehead atoms. The number of benzene rings is 2. The van der Waals surface area contributed by atoms with Gasteiger partial charge in [-0.25, -0.2) is 8.42 Å². The second kappa shape index (κ2) is 8.38. The Morgan fingerprint density at radius 1 is 1.11 bits per heavy atom. The molecular weight excluding hydrogens is 402 g/mol. The van der Waals surface area contributed by atoms with Crippen molar-refractivity contribution in [3.63, 3.8) is 0 Å². The third-order valence-corrected chi connectivity index (χ3v) is 6.19. The Labute approximate surface area is 169 Å². The summed E-state index contributed by atoms with van der Waals surface area (Å²) in [5, 5.41) is 0.373. The third-order valence-electron chi connectivity index (χ3n) is 4.59. The smallest absolute Gasteiger partial charge is 0.262 e. The second-order valence-corrected chi connectivity index (χ2v) is 8.69. The number of nitrogens with one attached hydrogen (secondary N) is 1. The van der Waals surface area contributed by atoms with Crippen molar-refractivity contribution in [2.75, 3.05) is 45.1 Å². The number of piperazine rings is 1. The second-order valence-electron chi connectivity index (χ2n) is 6.57. The number of carbonyl (C=O) groups is 1. The molecule has 28 heavy (non-hydrogen) atoms. The molecule has 1 aliphatic rings. The van der Waals surface area contributed by atoms with E-state index < -0.39 is 10.0 Å². The number of methoxy groups -OCH3 is 1. The summed E-state index contributed by atoms with van der Waals surface area (Å²) in [6.45, 7) is 2.81. The van der Waals surface area contributed by atoms with Crippen LogP contribution in [0.3, 0.4) is 0 Å². The first-order valence-electron chi connectivity index (χ1n) is 8.74. The van der Waals surface area contributed by atoms with E-state index in [1.807, 2.05) is 7.05 Å². The van der Waals surface area contributed by atoms with Crippen molar-refractivity contribution in [1.29, 1.82) is 0 Å². The standard InChI is InChI=1S/C19H22ClN3O4S/c1-22-8-10-23(11-9-22)19(24)14-4-3-5-16(12-14)28(25,26)21-17-13-15(20)6-7-18(17)27-2/h3-7,12-13,21H,8-11H2,1-2H3. The van der Waals surface area contributed by atoms with Crippen LogP contribution in [0.5, 0.6) is 5.75 Å². The predicted molar refractivity (Wildman–Crippen MR) is 109 cm³/mol. The number of halogens is 1. The van der Waals surface area contributed by atoms with Crippen LogP contribution in [0.15, 0.2) is 47.4 Å². The maximum Gasteiger partial charge on any atom is 0.262 e. The van der Waals surface area contributed by atoms with Gasteiger partial charge in [0.1, 0.15) is 5.75 Å². The molecule has 150 valence electrons.